The molecule has 18 atom stereocenters. The average molecular weight is 952 g/mol. The summed E-state index contributed by atoms with van der Waals surface area (Å²) in [5, 5.41) is 0. The van der Waals surface area contributed by atoms with Gasteiger partial charge >= 0.3 is 12.4 Å². The van der Waals surface area contributed by atoms with Crippen molar-refractivity contribution in [1.82, 2.24) is 0 Å². The van der Waals surface area contributed by atoms with Gasteiger partial charge in [-0.25, -0.2) is 0 Å². The number of hydrogen-bond acceptors (Lipinski definition) is 6. The highest BCUT2D eigenvalue weighted by Crippen LogP contribution is 2.85. The second-order valence-electron chi connectivity index (χ2n) is 24.1. The molecule has 18 unspecified atom stereocenters. The van der Waals surface area contributed by atoms with Gasteiger partial charge in [0, 0.05) is 56.2 Å². The number of methoxy groups -OCH3 is 2. The summed E-state index contributed by atoms with van der Waals surface area (Å²) in [6.07, 6.45) is 5.63. The zero-order valence-electron chi connectivity index (χ0n) is 38.2. The van der Waals surface area contributed by atoms with Crippen molar-refractivity contribution in [3.05, 3.63) is 76.0 Å². The summed E-state index contributed by atoms with van der Waals surface area (Å²) in [5.74, 6) is -2.40. The van der Waals surface area contributed by atoms with Crippen LogP contribution in [0.4, 0.5) is 26.3 Å². The summed E-state index contributed by atoms with van der Waals surface area (Å²) in [6.45, 7) is 2.31. The SMILES string of the molecule is COC1=C([S+](C2=C(OC)C(C(F)(F)F)C(C34CCC(C3)C3COC34)(C34CCC(C3)C3COC34)C=C2)c2ccccc2)C=CC(C23CCC(C2)C2COC23)(C23CCC(C2)C2COC23)C1C(F)(F)F. The van der Waals surface area contributed by atoms with Gasteiger partial charge in [-0.1, -0.05) is 30.4 Å². The summed E-state index contributed by atoms with van der Waals surface area (Å²) in [4.78, 5) is 1.15. The van der Waals surface area contributed by atoms with Crippen LogP contribution in [0.15, 0.2) is 80.9 Å². The van der Waals surface area contributed by atoms with Gasteiger partial charge in [0.1, 0.15) is 22.7 Å². The van der Waals surface area contributed by atoms with E-state index in [-0.39, 0.29) is 69.4 Å². The van der Waals surface area contributed by atoms with Gasteiger partial charge in [0.05, 0.1) is 65.1 Å². The van der Waals surface area contributed by atoms with Gasteiger partial charge in [0.2, 0.25) is 9.81 Å². The highest BCUT2D eigenvalue weighted by Gasteiger charge is 2.86. The third-order valence-electron chi connectivity index (χ3n) is 23.1. The molecule has 8 bridgehead atoms. The highest BCUT2D eigenvalue weighted by atomic mass is 32.2. The number of allylic oxidation sites excluding steroid dienone is 6. The van der Waals surface area contributed by atoms with E-state index in [4.69, 9.17) is 28.4 Å². The van der Waals surface area contributed by atoms with Crippen LogP contribution in [0.5, 0.6) is 0 Å². The lowest BCUT2D eigenvalue weighted by Gasteiger charge is -2.66. The minimum atomic E-state index is -4.78. The molecule has 0 radical (unpaired) electrons. The molecule has 1 aromatic carbocycles. The van der Waals surface area contributed by atoms with E-state index in [1.54, 1.807) is 0 Å². The molecule has 15 rings (SSSR count). The van der Waals surface area contributed by atoms with Crippen LogP contribution in [0.1, 0.15) is 77.0 Å². The van der Waals surface area contributed by atoms with Crippen molar-refractivity contribution >= 4 is 10.9 Å². The third-order valence-corrected chi connectivity index (χ3v) is 25.4. The third kappa shape index (κ3) is 4.57. The molecule has 4 saturated heterocycles. The number of alkyl halides is 6. The van der Waals surface area contributed by atoms with Gasteiger partial charge in [-0.3, -0.25) is 0 Å². The molecule has 1 aromatic rings. The van der Waals surface area contributed by atoms with E-state index in [2.05, 4.69) is 0 Å². The Morgan fingerprint density at radius 1 is 0.507 bits per heavy atom. The van der Waals surface area contributed by atoms with E-state index in [0.717, 1.165) is 25.7 Å². The molecular formula is C54H61F6O6S+. The Kier molecular flexibility index (Phi) is 8.41. The van der Waals surface area contributed by atoms with Crippen molar-refractivity contribution in [2.45, 2.75) is 119 Å². The van der Waals surface area contributed by atoms with Crippen molar-refractivity contribution in [1.29, 1.82) is 0 Å². The first-order chi connectivity index (χ1) is 32.2. The maximum Gasteiger partial charge on any atom is 0.399 e. The molecule has 0 spiro atoms. The lowest BCUT2D eigenvalue weighted by Crippen LogP contribution is -2.69. The summed E-state index contributed by atoms with van der Waals surface area (Å²) >= 11 is 0. The quantitative estimate of drug-likeness (QED) is 0.182. The van der Waals surface area contributed by atoms with Crippen LogP contribution in [0.3, 0.4) is 0 Å². The molecule has 67 heavy (non-hydrogen) atoms. The number of fused-ring (bicyclic) bond motifs is 20. The molecule has 14 aliphatic rings. The Bertz CT molecular complexity index is 2200. The molecule has 0 N–H and O–H groups in total. The highest BCUT2D eigenvalue weighted by molar-refractivity contribution is 8.04. The van der Waals surface area contributed by atoms with Crippen molar-refractivity contribution in [3.63, 3.8) is 0 Å². The van der Waals surface area contributed by atoms with Gasteiger partial charge in [0.15, 0.2) is 16.4 Å². The first-order valence-corrected chi connectivity index (χ1v) is 26.8. The fraction of sp³-hybridized carbons (Fsp3) is 0.741. The molecule has 4 aliphatic heterocycles. The molecule has 6 nitrogen and oxygen atoms in total. The molecule has 0 amide bonds. The molecule has 4 heterocycles. The Morgan fingerprint density at radius 2 is 0.836 bits per heavy atom. The van der Waals surface area contributed by atoms with E-state index in [0.29, 0.717) is 106 Å². The van der Waals surface area contributed by atoms with Gasteiger partial charge in [-0.15, -0.1) is 0 Å². The van der Waals surface area contributed by atoms with Gasteiger partial charge in [0.25, 0.3) is 0 Å². The minimum absolute atomic E-state index is 0.183. The van der Waals surface area contributed by atoms with E-state index < -0.39 is 67.6 Å². The largest absolute Gasteiger partial charge is 0.495 e. The first-order valence-electron chi connectivity index (χ1n) is 25.6. The number of benzene rings is 1. The lowest BCUT2D eigenvalue weighted by atomic mass is 9.40. The van der Waals surface area contributed by atoms with Crippen molar-refractivity contribution < 1.29 is 54.8 Å². The molecule has 0 aromatic heterocycles. The minimum Gasteiger partial charge on any atom is -0.495 e. The summed E-state index contributed by atoms with van der Waals surface area (Å²) in [5.41, 5.74) is -6.10. The van der Waals surface area contributed by atoms with Crippen molar-refractivity contribution in [2.24, 2.45) is 91.7 Å². The topological polar surface area (TPSA) is 55.4 Å². The summed E-state index contributed by atoms with van der Waals surface area (Å²) in [6, 6.07) is 9.20. The Morgan fingerprint density at radius 3 is 1.09 bits per heavy atom. The van der Waals surface area contributed by atoms with E-state index in [1.165, 1.54) is 14.2 Å². The zero-order valence-corrected chi connectivity index (χ0v) is 39.0. The molecular weight excluding hydrogens is 891 g/mol. The van der Waals surface area contributed by atoms with Crippen molar-refractivity contribution in [2.75, 3.05) is 40.6 Å². The zero-order chi connectivity index (χ0) is 45.5. The summed E-state index contributed by atoms with van der Waals surface area (Å²) in [7, 11) is 1.18. The summed E-state index contributed by atoms with van der Waals surface area (Å²) < 4.78 is 142. The van der Waals surface area contributed by atoms with Crippen LogP contribution in [0.2, 0.25) is 0 Å². The molecule has 13 heteroatoms. The Hall–Kier alpha value is -2.45. The van der Waals surface area contributed by atoms with E-state index >= 15 is 26.3 Å². The second kappa shape index (κ2) is 13.3. The first kappa shape index (κ1) is 42.3. The lowest BCUT2D eigenvalue weighted by molar-refractivity contribution is -0.302. The van der Waals surface area contributed by atoms with Gasteiger partial charge < -0.3 is 28.4 Å². The van der Waals surface area contributed by atoms with Crippen molar-refractivity contribution in [3.8, 4) is 0 Å². The maximum atomic E-state index is 17.3. The molecule has 8 saturated carbocycles. The standard InChI is InChI=1S/C54H61F6O6S/c1-61-39-37(12-18-51(41(39)53(55,56)57,47-14-8-28(20-47)33-24-63-43(33)47)48-15-9-29(21-48)34-25-64-44(34)48)67(32-6-4-3-5-7-32)38-13-19-52(42(40(38)62-2)54(58,59)60,49-16-10-30(22-49)35-26-65-45(35)49)50-17-11-31(23-50)36-27-66-46(36)50/h3-7,12-13,18-19,28-31,33-36,41-46H,8-11,14-17,20-27H2,1-2H3/q+1. The predicted octanol–water partition coefficient (Wildman–Crippen LogP) is 11.1. The average Bonchev–Trinajstić information content (AvgIpc) is 4.12. The van der Waals surface area contributed by atoms with Crippen LogP contribution in [-0.4, -0.2) is 77.4 Å². The normalized spacial score (nSPS) is 53.7. The van der Waals surface area contributed by atoms with Gasteiger partial charge in [-0.2, -0.15) is 26.3 Å². The molecule has 10 aliphatic carbocycles. The number of rotatable bonds is 9. The number of ether oxygens (including phenoxy) is 6. The molecule has 360 valence electrons. The van der Waals surface area contributed by atoms with E-state index in [9.17, 15) is 0 Å². The van der Waals surface area contributed by atoms with Crippen LogP contribution in [-0.2, 0) is 39.3 Å². The van der Waals surface area contributed by atoms with Gasteiger partial charge in [-0.05, 0) is 125 Å². The number of halogens is 6. The maximum absolute atomic E-state index is 17.3. The smallest absolute Gasteiger partial charge is 0.399 e. The fourth-order valence-corrected chi connectivity index (χ4v) is 23.6. The van der Waals surface area contributed by atoms with Crippen LogP contribution >= 0.6 is 0 Å². The predicted molar refractivity (Wildman–Crippen MR) is 234 cm³/mol. The Labute approximate surface area is 391 Å². The fourth-order valence-electron chi connectivity index (χ4n) is 21.2. The monoisotopic (exact) mass is 951 g/mol. The van der Waals surface area contributed by atoms with Crippen LogP contribution < -0.4 is 0 Å². The van der Waals surface area contributed by atoms with E-state index in [1.807, 2.05) is 54.6 Å². The molecule has 12 fully saturated rings. The number of hydrogen-bond donors (Lipinski definition) is 0. The second-order valence-corrected chi connectivity index (χ2v) is 26.1. The van der Waals surface area contributed by atoms with Crippen LogP contribution in [0.25, 0.3) is 0 Å². The van der Waals surface area contributed by atoms with Crippen LogP contribution in [0, 0.1) is 91.7 Å². The Balaban J connectivity index is 0.965.